The Hall–Kier alpha value is -1.19. The molecule has 0 rings (SSSR count). The molecule has 18 heavy (non-hydrogen) atoms. The van der Waals surface area contributed by atoms with Crippen molar-refractivity contribution in [3.63, 3.8) is 0 Å². The van der Waals surface area contributed by atoms with Crippen LogP contribution in [0.5, 0.6) is 0 Å². The van der Waals surface area contributed by atoms with Crippen LogP contribution in [-0.4, -0.2) is 67.7 Å². The molecule has 106 valence electrons. The van der Waals surface area contributed by atoms with Crippen LogP contribution in [0.15, 0.2) is 0 Å². The Balaban J connectivity index is 4.51. The van der Waals surface area contributed by atoms with Gasteiger partial charge in [0.2, 0.25) is 5.91 Å². The lowest BCUT2D eigenvalue weighted by atomic mass is 10.4. The summed E-state index contributed by atoms with van der Waals surface area (Å²) in [6.07, 6.45) is -0.287. The highest BCUT2D eigenvalue weighted by Crippen LogP contribution is 2.04. The van der Waals surface area contributed by atoms with Crippen molar-refractivity contribution in [3.05, 3.63) is 0 Å². The third kappa shape index (κ3) is 5.43. The maximum absolute atomic E-state index is 11.9. The Bertz CT molecular complexity index is 395. The number of nitrogens with one attached hydrogen (secondary N) is 1. The van der Waals surface area contributed by atoms with Gasteiger partial charge in [0.1, 0.15) is 0 Å². The molecule has 0 aliphatic rings. The van der Waals surface area contributed by atoms with Crippen LogP contribution < -0.4 is 5.32 Å². The number of carbonyl (C=O) groups is 2. The molecule has 0 saturated carbocycles. The highest BCUT2D eigenvalue weighted by molar-refractivity contribution is 7.86. The average molecular weight is 281 g/mol. The van der Waals surface area contributed by atoms with E-state index in [4.69, 9.17) is 5.11 Å². The molecule has 0 aliphatic carbocycles. The van der Waals surface area contributed by atoms with E-state index in [0.717, 1.165) is 8.61 Å². The summed E-state index contributed by atoms with van der Waals surface area (Å²) in [5.41, 5.74) is 0. The number of aliphatic carboxylic acids is 1. The number of amides is 1. The second-order valence-corrected chi connectivity index (χ2v) is 5.82. The van der Waals surface area contributed by atoms with Crippen LogP contribution in [0.1, 0.15) is 13.3 Å². The molecule has 9 heteroatoms. The highest BCUT2D eigenvalue weighted by atomic mass is 32.2. The van der Waals surface area contributed by atoms with Gasteiger partial charge in [-0.25, -0.2) is 0 Å². The van der Waals surface area contributed by atoms with Gasteiger partial charge in [0.15, 0.2) is 0 Å². The van der Waals surface area contributed by atoms with Gasteiger partial charge in [0.05, 0.1) is 13.0 Å². The first-order valence-corrected chi connectivity index (χ1v) is 6.77. The van der Waals surface area contributed by atoms with Crippen LogP contribution >= 0.6 is 0 Å². The third-order valence-corrected chi connectivity index (χ3v) is 4.06. The highest BCUT2D eigenvalue weighted by Gasteiger charge is 2.25. The molecule has 0 aromatic carbocycles. The van der Waals surface area contributed by atoms with Gasteiger partial charge in [0.25, 0.3) is 10.2 Å². The maximum Gasteiger partial charge on any atom is 0.304 e. The molecule has 0 atom stereocenters. The monoisotopic (exact) mass is 281 g/mol. The molecule has 0 heterocycles. The lowest BCUT2D eigenvalue weighted by Gasteiger charge is -2.23. The lowest BCUT2D eigenvalue weighted by molar-refractivity contribution is -0.137. The van der Waals surface area contributed by atoms with E-state index in [1.165, 1.54) is 14.1 Å². The van der Waals surface area contributed by atoms with E-state index in [0.29, 0.717) is 6.54 Å². The number of hydrogen-bond acceptors (Lipinski definition) is 4. The molecule has 0 fully saturated rings. The summed E-state index contributed by atoms with van der Waals surface area (Å²) in [6.45, 7) is 1.71. The van der Waals surface area contributed by atoms with Crippen LogP contribution in [0.25, 0.3) is 0 Å². The number of likely N-dealkylation sites (N-methyl/N-ethyl adjacent to an activating group) is 2. The smallest absolute Gasteiger partial charge is 0.304 e. The molecular weight excluding hydrogens is 262 g/mol. The van der Waals surface area contributed by atoms with E-state index in [1.807, 2.05) is 0 Å². The van der Waals surface area contributed by atoms with Crippen molar-refractivity contribution in [1.29, 1.82) is 0 Å². The summed E-state index contributed by atoms with van der Waals surface area (Å²) < 4.78 is 25.5. The average Bonchev–Trinajstić information content (AvgIpc) is 2.25. The van der Waals surface area contributed by atoms with Crippen molar-refractivity contribution < 1.29 is 23.1 Å². The molecule has 0 aliphatic heterocycles. The zero-order valence-corrected chi connectivity index (χ0v) is 11.5. The molecule has 0 saturated heterocycles. The Morgan fingerprint density at radius 3 is 2.22 bits per heavy atom. The maximum atomic E-state index is 11.9. The topological polar surface area (TPSA) is 107 Å². The van der Waals surface area contributed by atoms with Crippen molar-refractivity contribution in [3.8, 4) is 0 Å². The predicted octanol–water partition coefficient (Wildman–Crippen LogP) is -1.29. The molecule has 1 amide bonds. The minimum atomic E-state index is -3.81. The molecule has 0 spiro atoms. The summed E-state index contributed by atoms with van der Waals surface area (Å²) in [6, 6.07) is 0. The molecule has 0 aromatic rings. The van der Waals surface area contributed by atoms with Gasteiger partial charge in [-0.2, -0.15) is 17.0 Å². The number of carboxylic acids is 1. The van der Waals surface area contributed by atoms with Gasteiger partial charge in [0, 0.05) is 27.2 Å². The van der Waals surface area contributed by atoms with E-state index in [2.05, 4.69) is 5.32 Å². The minimum absolute atomic E-state index is 0.141. The van der Waals surface area contributed by atoms with Gasteiger partial charge < -0.3 is 10.4 Å². The number of rotatable bonds is 8. The van der Waals surface area contributed by atoms with Crippen molar-refractivity contribution in [2.75, 3.05) is 33.7 Å². The second-order valence-electron chi connectivity index (χ2n) is 3.68. The third-order valence-electron chi connectivity index (χ3n) is 2.17. The van der Waals surface area contributed by atoms with Gasteiger partial charge >= 0.3 is 5.97 Å². The summed E-state index contributed by atoms with van der Waals surface area (Å²) in [7, 11) is -1.27. The van der Waals surface area contributed by atoms with Gasteiger partial charge in [-0.3, -0.25) is 9.59 Å². The molecular formula is C9H19N3O5S. The van der Waals surface area contributed by atoms with Crippen LogP contribution in [-0.2, 0) is 19.8 Å². The first kappa shape index (κ1) is 16.8. The fourth-order valence-electron chi connectivity index (χ4n) is 1.14. The van der Waals surface area contributed by atoms with E-state index in [1.54, 1.807) is 6.92 Å². The molecule has 0 bridgehead atoms. The van der Waals surface area contributed by atoms with Crippen LogP contribution in [0, 0.1) is 0 Å². The molecule has 2 N–H and O–H groups in total. The first-order valence-electron chi connectivity index (χ1n) is 5.37. The van der Waals surface area contributed by atoms with Crippen LogP contribution in [0.4, 0.5) is 0 Å². The van der Waals surface area contributed by atoms with Crippen LogP contribution in [0.3, 0.4) is 0 Å². The fraction of sp³-hybridized carbons (Fsp3) is 0.778. The number of hydrogen-bond donors (Lipinski definition) is 2. The van der Waals surface area contributed by atoms with Crippen molar-refractivity contribution in [2.45, 2.75) is 13.3 Å². The molecule has 0 aromatic heterocycles. The van der Waals surface area contributed by atoms with Gasteiger partial charge in [-0.15, -0.1) is 0 Å². The van der Waals surface area contributed by atoms with Crippen LogP contribution in [0.2, 0.25) is 0 Å². The van der Waals surface area contributed by atoms with Crippen molar-refractivity contribution >= 4 is 22.1 Å². The zero-order chi connectivity index (χ0) is 14.3. The molecule has 0 radical (unpaired) electrons. The number of carbonyl (C=O) groups excluding carboxylic acids is 1. The zero-order valence-electron chi connectivity index (χ0n) is 10.7. The Morgan fingerprint density at radius 2 is 1.78 bits per heavy atom. The van der Waals surface area contributed by atoms with Crippen molar-refractivity contribution in [2.24, 2.45) is 0 Å². The predicted molar refractivity (Wildman–Crippen MR) is 65.1 cm³/mol. The van der Waals surface area contributed by atoms with E-state index < -0.39 is 22.1 Å². The normalized spacial score (nSPS) is 11.8. The number of carboxylic acid groups (broad SMARTS) is 1. The Morgan fingerprint density at radius 1 is 1.22 bits per heavy atom. The van der Waals surface area contributed by atoms with E-state index in [9.17, 15) is 18.0 Å². The summed E-state index contributed by atoms with van der Waals surface area (Å²) in [4.78, 5) is 21.6. The van der Waals surface area contributed by atoms with Crippen molar-refractivity contribution in [1.82, 2.24) is 13.9 Å². The quantitative estimate of drug-likeness (QED) is 0.575. The van der Waals surface area contributed by atoms with Gasteiger partial charge in [-0.05, 0) is 6.92 Å². The number of nitrogens with zero attached hydrogens (tertiary/aromatic N) is 2. The SMILES string of the molecule is CCNC(=O)CN(C)S(=O)(=O)N(C)CCC(=O)O. The second kappa shape index (κ2) is 7.29. The largest absolute Gasteiger partial charge is 0.481 e. The summed E-state index contributed by atoms with van der Waals surface area (Å²) >= 11 is 0. The Kier molecular flexibility index (Phi) is 6.81. The van der Waals surface area contributed by atoms with E-state index in [-0.39, 0.29) is 19.5 Å². The lowest BCUT2D eigenvalue weighted by Crippen LogP contribution is -2.45. The van der Waals surface area contributed by atoms with E-state index >= 15 is 0 Å². The first-order chi connectivity index (χ1) is 8.21. The standard InChI is InChI=1S/C9H19N3O5S/c1-4-10-8(13)7-12(3)18(16,17)11(2)6-5-9(14)15/h4-7H2,1-3H3,(H,10,13)(H,14,15). The Labute approximate surface area is 107 Å². The molecule has 0 unspecified atom stereocenters. The fourth-order valence-corrected chi connectivity index (χ4v) is 2.22. The molecule has 8 nitrogen and oxygen atoms in total. The summed E-state index contributed by atoms with van der Waals surface area (Å²) in [5, 5.41) is 11.0. The summed E-state index contributed by atoms with van der Waals surface area (Å²) in [5.74, 6) is -1.49. The van der Waals surface area contributed by atoms with Gasteiger partial charge in [-0.1, -0.05) is 0 Å². The minimum Gasteiger partial charge on any atom is -0.481 e.